The second kappa shape index (κ2) is 8.27. The standard InChI is InChI=1S/C21H21FN4O3S/c22-16-7-9-17(10-8-16)25-30(28,29)19-5-3-4-15(12-19)21(27)23-13-18-14-26-11-2-1-6-20(26)24-18/h3-5,7-10,12,14,25H,1-2,6,11,13H2,(H,23,27). The van der Waals surface area contributed by atoms with Crippen molar-refractivity contribution in [3.05, 3.63) is 77.6 Å². The van der Waals surface area contributed by atoms with E-state index in [1.807, 2.05) is 6.20 Å². The van der Waals surface area contributed by atoms with Gasteiger partial charge >= 0.3 is 0 Å². The Kier molecular flexibility index (Phi) is 5.54. The topological polar surface area (TPSA) is 93.1 Å². The Labute approximate surface area is 174 Å². The van der Waals surface area contributed by atoms with E-state index in [2.05, 4.69) is 19.6 Å². The maximum atomic E-state index is 13.0. The van der Waals surface area contributed by atoms with Gasteiger partial charge in [-0.2, -0.15) is 0 Å². The number of aryl methyl sites for hydroxylation is 2. The van der Waals surface area contributed by atoms with Crippen LogP contribution in [0, 0.1) is 5.82 Å². The van der Waals surface area contributed by atoms with E-state index in [4.69, 9.17) is 0 Å². The fourth-order valence-electron chi connectivity index (χ4n) is 3.37. The number of sulfonamides is 1. The summed E-state index contributed by atoms with van der Waals surface area (Å²) in [6, 6.07) is 10.7. The Morgan fingerprint density at radius 1 is 1.13 bits per heavy atom. The van der Waals surface area contributed by atoms with Crippen molar-refractivity contribution in [1.29, 1.82) is 0 Å². The summed E-state index contributed by atoms with van der Waals surface area (Å²) < 4.78 is 42.7. The minimum atomic E-state index is -3.92. The van der Waals surface area contributed by atoms with Crippen LogP contribution in [0.25, 0.3) is 0 Å². The van der Waals surface area contributed by atoms with Gasteiger partial charge in [-0.3, -0.25) is 9.52 Å². The number of aromatic nitrogens is 2. The highest BCUT2D eigenvalue weighted by molar-refractivity contribution is 7.92. The summed E-state index contributed by atoms with van der Waals surface area (Å²) in [7, 11) is -3.92. The molecule has 2 heterocycles. The van der Waals surface area contributed by atoms with Crippen molar-refractivity contribution in [2.45, 2.75) is 37.2 Å². The molecule has 0 saturated heterocycles. The highest BCUT2D eigenvalue weighted by Crippen LogP contribution is 2.18. The minimum absolute atomic E-state index is 0.0584. The largest absolute Gasteiger partial charge is 0.346 e. The van der Waals surface area contributed by atoms with Crippen LogP contribution in [0.4, 0.5) is 10.1 Å². The van der Waals surface area contributed by atoms with E-state index in [-0.39, 0.29) is 28.6 Å². The van der Waals surface area contributed by atoms with Crippen molar-refractivity contribution in [2.24, 2.45) is 0 Å². The Balaban J connectivity index is 1.44. The van der Waals surface area contributed by atoms with Gasteiger partial charge in [-0.25, -0.2) is 17.8 Å². The number of nitrogens with one attached hydrogen (secondary N) is 2. The number of nitrogens with zero attached hydrogens (tertiary/aromatic N) is 2. The average molecular weight is 428 g/mol. The summed E-state index contributed by atoms with van der Waals surface area (Å²) in [5.74, 6) is 0.181. The van der Waals surface area contributed by atoms with Crippen LogP contribution < -0.4 is 10.0 Å². The maximum Gasteiger partial charge on any atom is 0.261 e. The van der Waals surface area contributed by atoms with Crippen molar-refractivity contribution < 1.29 is 17.6 Å². The van der Waals surface area contributed by atoms with E-state index in [1.165, 1.54) is 30.3 Å². The fourth-order valence-corrected chi connectivity index (χ4v) is 4.47. The molecule has 7 nitrogen and oxygen atoms in total. The van der Waals surface area contributed by atoms with Crippen LogP contribution >= 0.6 is 0 Å². The van der Waals surface area contributed by atoms with Crippen LogP contribution in [0.15, 0.2) is 59.6 Å². The molecule has 0 radical (unpaired) electrons. The molecule has 0 atom stereocenters. The molecule has 0 saturated carbocycles. The molecule has 1 aromatic heterocycles. The third kappa shape index (κ3) is 4.51. The van der Waals surface area contributed by atoms with Gasteiger partial charge in [-0.1, -0.05) is 6.07 Å². The van der Waals surface area contributed by atoms with E-state index in [1.54, 1.807) is 6.07 Å². The molecule has 3 aromatic rings. The number of rotatable bonds is 6. The Hall–Kier alpha value is -3.20. The summed E-state index contributed by atoms with van der Waals surface area (Å²) in [5, 5.41) is 2.79. The monoisotopic (exact) mass is 428 g/mol. The second-order valence-electron chi connectivity index (χ2n) is 7.12. The number of fused-ring (bicyclic) bond motifs is 1. The number of imidazole rings is 1. The molecule has 30 heavy (non-hydrogen) atoms. The van der Waals surface area contributed by atoms with Crippen LogP contribution in [0.5, 0.6) is 0 Å². The Morgan fingerprint density at radius 2 is 1.93 bits per heavy atom. The molecule has 1 amide bonds. The first-order chi connectivity index (χ1) is 14.4. The molecule has 0 bridgehead atoms. The van der Waals surface area contributed by atoms with Gasteiger partial charge in [0.15, 0.2) is 0 Å². The van der Waals surface area contributed by atoms with Gasteiger partial charge in [-0.05, 0) is 55.3 Å². The number of carbonyl (C=O) groups excluding carboxylic acids is 1. The van der Waals surface area contributed by atoms with E-state index >= 15 is 0 Å². The van der Waals surface area contributed by atoms with E-state index in [0.717, 1.165) is 49.5 Å². The molecular formula is C21H21FN4O3S. The predicted molar refractivity (Wildman–Crippen MR) is 110 cm³/mol. The molecule has 0 fully saturated rings. The predicted octanol–water partition coefficient (Wildman–Crippen LogP) is 3.09. The Morgan fingerprint density at radius 3 is 2.70 bits per heavy atom. The molecule has 2 N–H and O–H groups in total. The summed E-state index contributed by atoms with van der Waals surface area (Å²) in [4.78, 5) is 17.0. The normalized spacial score (nSPS) is 13.5. The van der Waals surface area contributed by atoms with E-state index in [9.17, 15) is 17.6 Å². The van der Waals surface area contributed by atoms with Crippen molar-refractivity contribution >= 4 is 21.6 Å². The number of amides is 1. The van der Waals surface area contributed by atoms with Crippen molar-refractivity contribution in [2.75, 3.05) is 4.72 Å². The van der Waals surface area contributed by atoms with Crippen LogP contribution in [0.3, 0.4) is 0 Å². The molecule has 0 aliphatic carbocycles. The number of carbonyl (C=O) groups is 1. The quantitative estimate of drug-likeness (QED) is 0.631. The molecule has 1 aliphatic rings. The van der Waals surface area contributed by atoms with Crippen LogP contribution in [-0.2, 0) is 29.5 Å². The van der Waals surface area contributed by atoms with Crippen molar-refractivity contribution in [3.63, 3.8) is 0 Å². The summed E-state index contributed by atoms with van der Waals surface area (Å²) in [6.07, 6.45) is 5.13. The lowest BCUT2D eigenvalue weighted by molar-refractivity contribution is 0.0950. The van der Waals surface area contributed by atoms with Crippen molar-refractivity contribution in [3.8, 4) is 0 Å². The molecule has 0 unspecified atom stereocenters. The number of anilines is 1. The molecule has 2 aromatic carbocycles. The highest BCUT2D eigenvalue weighted by Gasteiger charge is 2.17. The average Bonchev–Trinajstić information content (AvgIpc) is 3.17. The molecule has 1 aliphatic heterocycles. The van der Waals surface area contributed by atoms with E-state index in [0.29, 0.717) is 0 Å². The van der Waals surface area contributed by atoms with Gasteiger partial charge in [0, 0.05) is 30.4 Å². The number of halogens is 1. The van der Waals surface area contributed by atoms with Gasteiger partial charge < -0.3 is 9.88 Å². The smallest absolute Gasteiger partial charge is 0.261 e. The van der Waals surface area contributed by atoms with Crippen LogP contribution in [-0.4, -0.2) is 23.9 Å². The summed E-state index contributed by atoms with van der Waals surface area (Å²) in [6.45, 7) is 1.21. The number of hydrogen-bond acceptors (Lipinski definition) is 4. The van der Waals surface area contributed by atoms with Gasteiger partial charge in [0.25, 0.3) is 15.9 Å². The first-order valence-corrected chi connectivity index (χ1v) is 11.1. The number of hydrogen-bond donors (Lipinski definition) is 2. The third-order valence-electron chi connectivity index (χ3n) is 4.89. The molecule has 4 rings (SSSR count). The Bertz CT molecular complexity index is 1150. The first kappa shape index (κ1) is 20.1. The highest BCUT2D eigenvalue weighted by atomic mass is 32.2. The molecule has 156 valence electrons. The second-order valence-corrected chi connectivity index (χ2v) is 8.80. The number of benzene rings is 2. The molecular weight excluding hydrogens is 407 g/mol. The SMILES string of the molecule is O=C(NCc1cn2c(n1)CCCC2)c1cccc(S(=O)(=O)Nc2ccc(F)cc2)c1. The summed E-state index contributed by atoms with van der Waals surface area (Å²) in [5.41, 5.74) is 1.23. The van der Waals surface area contributed by atoms with Gasteiger partial charge in [0.1, 0.15) is 11.6 Å². The third-order valence-corrected chi connectivity index (χ3v) is 6.27. The van der Waals surface area contributed by atoms with Gasteiger partial charge in [0.2, 0.25) is 0 Å². The van der Waals surface area contributed by atoms with Gasteiger partial charge in [-0.15, -0.1) is 0 Å². The van der Waals surface area contributed by atoms with Crippen molar-refractivity contribution in [1.82, 2.24) is 14.9 Å². The zero-order valence-corrected chi connectivity index (χ0v) is 17.0. The first-order valence-electron chi connectivity index (χ1n) is 9.62. The molecule has 0 spiro atoms. The fraction of sp³-hybridized carbons (Fsp3) is 0.238. The lowest BCUT2D eigenvalue weighted by Crippen LogP contribution is -2.23. The zero-order valence-electron chi connectivity index (χ0n) is 16.1. The minimum Gasteiger partial charge on any atom is -0.346 e. The van der Waals surface area contributed by atoms with Gasteiger partial charge in [0.05, 0.1) is 17.1 Å². The lowest BCUT2D eigenvalue weighted by atomic mass is 10.2. The maximum absolute atomic E-state index is 13.0. The zero-order chi connectivity index (χ0) is 21.1. The summed E-state index contributed by atoms with van der Waals surface area (Å²) >= 11 is 0. The van der Waals surface area contributed by atoms with Crippen LogP contribution in [0.1, 0.15) is 34.7 Å². The van der Waals surface area contributed by atoms with Crippen LogP contribution in [0.2, 0.25) is 0 Å². The van der Waals surface area contributed by atoms with E-state index < -0.39 is 15.8 Å². The lowest BCUT2D eigenvalue weighted by Gasteiger charge is -2.11. The molecule has 9 heteroatoms.